The maximum absolute atomic E-state index is 10.7. The zero-order valence-electron chi connectivity index (χ0n) is 6.10. The quantitative estimate of drug-likeness (QED) is 0.459. The minimum absolute atomic E-state index is 0.222. The summed E-state index contributed by atoms with van der Waals surface area (Å²) in [6.45, 7) is 0. The largest absolute Gasteiger partial charge is 0.503 e. The fourth-order valence-electron chi connectivity index (χ4n) is 0.679. The van der Waals surface area contributed by atoms with Crippen LogP contribution in [0.3, 0.4) is 0 Å². The first-order valence-electron chi connectivity index (χ1n) is 3.20. The molecule has 0 saturated heterocycles. The van der Waals surface area contributed by atoms with Crippen LogP contribution in [-0.4, -0.2) is 16.0 Å². The van der Waals surface area contributed by atoms with Gasteiger partial charge in [-0.1, -0.05) is 11.8 Å². The van der Waals surface area contributed by atoms with Gasteiger partial charge >= 0.3 is 0 Å². The van der Waals surface area contributed by atoms with E-state index in [0.717, 1.165) is 0 Å². The maximum Gasteiger partial charge on any atom is 0.290 e. The Kier molecular flexibility index (Phi) is 2.78. The molecule has 0 unspecified atom stereocenters. The second-order valence-electron chi connectivity index (χ2n) is 2.04. The van der Waals surface area contributed by atoms with Gasteiger partial charge < -0.3 is 10.1 Å². The predicted octanol–water partition coefficient (Wildman–Crippen LogP) is 0.671. The van der Waals surface area contributed by atoms with Crippen LogP contribution < -0.4 is 5.56 Å². The van der Waals surface area contributed by atoms with E-state index in [1.54, 1.807) is 0 Å². The smallest absolute Gasteiger partial charge is 0.290 e. The van der Waals surface area contributed by atoms with Crippen LogP contribution in [0.4, 0.5) is 0 Å². The maximum atomic E-state index is 10.7. The number of aromatic amines is 1. The summed E-state index contributed by atoms with van der Waals surface area (Å²) in [6, 6.07) is 1.29. The topological polar surface area (TPSA) is 53.1 Å². The lowest BCUT2D eigenvalue weighted by Crippen LogP contribution is -2.03. The molecule has 2 N–H and O–H groups in total. The highest BCUT2D eigenvalue weighted by Crippen LogP contribution is 2.01. The van der Waals surface area contributed by atoms with Crippen LogP contribution in [0.1, 0.15) is 5.56 Å². The van der Waals surface area contributed by atoms with Crippen molar-refractivity contribution in [3.63, 3.8) is 0 Å². The molecule has 1 rings (SSSR count). The van der Waals surface area contributed by atoms with E-state index in [9.17, 15) is 4.79 Å². The molecular formula is C8H6ClNO2. The molecule has 0 aliphatic carbocycles. The molecule has 0 aliphatic rings. The summed E-state index contributed by atoms with van der Waals surface area (Å²) in [7, 11) is 0. The van der Waals surface area contributed by atoms with Crippen LogP contribution in [0, 0.1) is 11.8 Å². The minimum atomic E-state index is -0.522. The number of rotatable bonds is 0. The van der Waals surface area contributed by atoms with Gasteiger partial charge in [-0.2, -0.15) is 0 Å². The van der Waals surface area contributed by atoms with Crippen molar-refractivity contribution >= 4 is 11.6 Å². The first kappa shape index (κ1) is 8.69. The van der Waals surface area contributed by atoms with E-state index in [4.69, 9.17) is 16.7 Å². The normalized spacial score (nSPS) is 8.75. The van der Waals surface area contributed by atoms with Gasteiger partial charge in [-0.15, -0.1) is 11.6 Å². The number of aromatic nitrogens is 1. The molecule has 0 amide bonds. The first-order chi connectivity index (χ1) is 5.74. The molecule has 0 bridgehead atoms. The first-order valence-corrected chi connectivity index (χ1v) is 3.74. The van der Waals surface area contributed by atoms with Gasteiger partial charge in [-0.25, -0.2) is 0 Å². The molecule has 0 radical (unpaired) electrons. The molecule has 0 aliphatic heterocycles. The summed E-state index contributed by atoms with van der Waals surface area (Å²) in [5.41, 5.74) is 0.0131. The zero-order valence-corrected chi connectivity index (χ0v) is 6.85. The van der Waals surface area contributed by atoms with Crippen molar-refractivity contribution in [3.05, 3.63) is 28.2 Å². The van der Waals surface area contributed by atoms with Crippen LogP contribution in [0.25, 0.3) is 0 Å². The molecule has 0 aromatic carbocycles. The average molecular weight is 184 g/mol. The van der Waals surface area contributed by atoms with Gasteiger partial charge in [0.25, 0.3) is 5.56 Å². The van der Waals surface area contributed by atoms with E-state index in [1.807, 2.05) is 0 Å². The molecule has 1 aromatic heterocycles. The van der Waals surface area contributed by atoms with Crippen molar-refractivity contribution in [2.24, 2.45) is 0 Å². The van der Waals surface area contributed by atoms with Crippen molar-refractivity contribution in [2.45, 2.75) is 0 Å². The van der Waals surface area contributed by atoms with Gasteiger partial charge in [0.15, 0.2) is 5.75 Å². The van der Waals surface area contributed by atoms with Crippen molar-refractivity contribution in [2.75, 3.05) is 5.88 Å². The van der Waals surface area contributed by atoms with Gasteiger partial charge in [0, 0.05) is 17.8 Å². The molecule has 0 saturated carbocycles. The summed E-state index contributed by atoms with van der Waals surface area (Å²) in [5, 5.41) is 8.95. The Bertz CT molecular complexity index is 386. The van der Waals surface area contributed by atoms with Gasteiger partial charge in [-0.3, -0.25) is 4.79 Å². The molecule has 12 heavy (non-hydrogen) atoms. The molecule has 62 valence electrons. The number of hydrogen-bond acceptors (Lipinski definition) is 2. The van der Waals surface area contributed by atoms with Gasteiger partial charge in [-0.05, 0) is 0 Å². The van der Waals surface area contributed by atoms with Gasteiger partial charge in [0.2, 0.25) is 0 Å². The number of halogens is 1. The predicted molar refractivity (Wildman–Crippen MR) is 46.3 cm³/mol. The summed E-state index contributed by atoms with van der Waals surface area (Å²) in [6.07, 6.45) is 1.42. The Morgan fingerprint density at radius 1 is 1.67 bits per heavy atom. The second-order valence-corrected chi connectivity index (χ2v) is 2.31. The van der Waals surface area contributed by atoms with Crippen LogP contribution in [0.5, 0.6) is 5.75 Å². The van der Waals surface area contributed by atoms with E-state index < -0.39 is 5.56 Å². The number of hydrogen-bond donors (Lipinski definition) is 2. The average Bonchev–Trinajstić information content (AvgIpc) is 2.07. The standard InChI is InChI=1S/C8H6ClNO2/c9-3-1-2-6-4-7(11)8(12)10-5-6/h4-5,11H,3H2,(H,10,12). The van der Waals surface area contributed by atoms with E-state index in [1.165, 1.54) is 12.3 Å². The van der Waals surface area contributed by atoms with Crippen LogP contribution in [-0.2, 0) is 0 Å². The summed E-state index contributed by atoms with van der Waals surface area (Å²) >= 11 is 5.31. The molecule has 3 nitrogen and oxygen atoms in total. The third-order valence-corrected chi connectivity index (χ3v) is 1.32. The number of pyridine rings is 1. The number of H-pyrrole nitrogens is 1. The zero-order chi connectivity index (χ0) is 8.97. The fourth-order valence-corrected chi connectivity index (χ4v) is 0.746. The summed E-state index contributed by atoms with van der Waals surface area (Å²) < 4.78 is 0. The lowest BCUT2D eigenvalue weighted by Gasteiger charge is -1.90. The number of nitrogens with one attached hydrogen (secondary N) is 1. The Morgan fingerprint density at radius 3 is 3.00 bits per heavy atom. The summed E-state index contributed by atoms with van der Waals surface area (Å²) in [4.78, 5) is 13.0. The van der Waals surface area contributed by atoms with E-state index in [2.05, 4.69) is 16.8 Å². The minimum Gasteiger partial charge on any atom is -0.503 e. The van der Waals surface area contributed by atoms with E-state index in [-0.39, 0.29) is 11.6 Å². The summed E-state index contributed by atoms with van der Waals surface area (Å²) in [5.74, 6) is 5.13. The lowest BCUT2D eigenvalue weighted by molar-refractivity contribution is 0.466. The van der Waals surface area contributed by atoms with Crippen LogP contribution in [0.15, 0.2) is 17.1 Å². The molecule has 4 heteroatoms. The Labute approximate surface area is 74.0 Å². The fraction of sp³-hybridized carbons (Fsp3) is 0.125. The van der Waals surface area contributed by atoms with Crippen molar-refractivity contribution in [3.8, 4) is 17.6 Å². The Balaban J connectivity index is 3.05. The molecule has 0 spiro atoms. The highest BCUT2D eigenvalue weighted by atomic mass is 35.5. The highest BCUT2D eigenvalue weighted by molar-refractivity contribution is 6.19. The van der Waals surface area contributed by atoms with Crippen LogP contribution >= 0.6 is 11.6 Å². The third kappa shape index (κ3) is 2.04. The Hall–Kier alpha value is -1.40. The van der Waals surface area contributed by atoms with Crippen molar-refractivity contribution in [1.29, 1.82) is 0 Å². The number of aromatic hydroxyl groups is 1. The van der Waals surface area contributed by atoms with Gasteiger partial charge in [0.05, 0.1) is 5.88 Å². The van der Waals surface area contributed by atoms with Gasteiger partial charge in [0.1, 0.15) is 0 Å². The van der Waals surface area contributed by atoms with Crippen LogP contribution in [0.2, 0.25) is 0 Å². The lowest BCUT2D eigenvalue weighted by atomic mass is 10.3. The van der Waals surface area contributed by atoms with Crippen molar-refractivity contribution in [1.82, 2.24) is 4.98 Å². The second kappa shape index (κ2) is 3.84. The molecule has 1 aromatic rings. The molecule has 0 fully saturated rings. The molecule has 1 heterocycles. The highest BCUT2D eigenvalue weighted by Gasteiger charge is 1.94. The Morgan fingerprint density at radius 2 is 2.42 bits per heavy atom. The number of alkyl halides is 1. The molecular weight excluding hydrogens is 178 g/mol. The SMILES string of the molecule is O=c1[nH]cc(C#CCCl)cc1O. The monoisotopic (exact) mass is 183 g/mol. The van der Waals surface area contributed by atoms with Crippen molar-refractivity contribution < 1.29 is 5.11 Å². The molecule has 0 atom stereocenters. The van der Waals surface area contributed by atoms with E-state index in [0.29, 0.717) is 5.56 Å². The van der Waals surface area contributed by atoms with E-state index >= 15 is 0 Å². The third-order valence-electron chi connectivity index (χ3n) is 1.18.